The lowest BCUT2D eigenvalue weighted by atomic mass is 9.95. The summed E-state index contributed by atoms with van der Waals surface area (Å²) in [5.41, 5.74) is 3.37. The number of amides is 1. The molecule has 8 heteroatoms. The van der Waals surface area contributed by atoms with Crippen LogP contribution in [0.2, 0.25) is 5.02 Å². The van der Waals surface area contributed by atoms with Crippen LogP contribution in [-0.2, 0) is 6.54 Å². The van der Waals surface area contributed by atoms with Gasteiger partial charge in [-0.25, -0.2) is 0 Å². The van der Waals surface area contributed by atoms with Gasteiger partial charge in [-0.2, -0.15) is 4.68 Å². The second kappa shape index (κ2) is 6.86. The van der Waals surface area contributed by atoms with E-state index < -0.39 is 0 Å². The van der Waals surface area contributed by atoms with Gasteiger partial charge < -0.3 is 5.32 Å². The molecule has 0 saturated heterocycles. The van der Waals surface area contributed by atoms with E-state index in [0.717, 1.165) is 18.7 Å². The van der Waals surface area contributed by atoms with E-state index in [9.17, 15) is 4.79 Å². The third-order valence-electron chi connectivity index (χ3n) is 4.47. The molecule has 26 heavy (non-hydrogen) atoms. The number of aromatic nitrogens is 4. The highest BCUT2D eigenvalue weighted by Gasteiger charge is 2.26. The summed E-state index contributed by atoms with van der Waals surface area (Å²) in [5.74, 6) is -0.215. The summed E-state index contributed by atoms with van der Waals surface area (Å²) in [5, 5.41) is 14.8. The monoisotopic (exact) mass is 368 g/mol. The summed E-state index contributed by atoms with van der Waals surface area (Å²) < 4.78 is 1.45. The summed E-state index contributed by atoms with van der Waals surface area (Å²) in [6, 6.07) is 13.1. The fourth-order valence-corrected chi connectivity index (χ4v) is 3.48. The van der Waals surface area contributed by atoms with Crippen molar-refractivity contribution in [3.05, 3.63) is 70.5 Å². The van der Waals surface area contributed by atoms with Crippen molar-refractivity contribution in [3.8, 4) is 5.69 Å². The molecule has 1 amide bonds. The molecule has 1 aliphatic heterocycles. The van der Waals surface area contributed by atoms with Gasteiger partial charge in [0.25, 0.3) is 5.91 Å². The van der Waals surface area contributed by atoms with Gasteiger partial charge in [0.2, 0.25) is 0 Å². The van der Waals surface area contributed by atoms with Crippen molar-refractivity contribution >= 4 is 17.5 Å². The summed E-state index contributed by atoms with van der Waals surface area (Å²) in [6.07, 6.45) is 1.45. The largest absolute Gasteiger partial charge is 0.344 e. The predicted octanol–water partition coefficient (Wildman–Crippen LogP) is 2.23. The number of likely N-dealkylation sites (N-methyl/N-ethyl adjacent to an activating group) is 1. The van der Waals surface area contributed by atoms with E-state index in [0.29, 0.717) is 16.3 Å². The Balaban J connectivity index is 1.67. The highest BCUT2D eigenvalue weighted by atomic mass is 35.5. The van der Waals surface area contributed by atoms with Crippen molar-refractivity contribution in [2.24, 2.45) is 0 Å². The lowest BCUT2D eigenvalue weighted by molar-refractivity contribution is 0.0922. The van der Waals surface area contributed by atoms with Gasteiger partial charge in [-0.15, -0.1) is 5.10 Å². The van der Waals surface area contributed by atoms with Gasteiger partial charge in [-0.05, 0) is 46.8 Å². The molecule has 3 aromatic rings. The second-order valence-corrected chi connectivity index (χ2v) is 6.77. The van der Waals surface area contributed by atoms with E-state index in [1.807, 2.05) is 19.2 Å². The maximum absolute atomic E-state index is 13.0. The van der Waals surface area contributed by atoms with E-state index in [4.69, 9.17) is 11.6 Å². The Morgan fingerprint density at radius 3 is 2.92 bits per heavy atom. The number of nitrogens with zero attached hydrogens (tertiary/aromatic N) is 5. The first-order chi connectivity index (χ1) is 12.6. The Hall–Kier alpha value is -2.77. The van der Waals surface area contributed by atoms with Crippen LogP contribution in [0.25, 0.3) is 5.69 Å². The maximum Gasteiger partial charge on any atom is 0.254 e. The predicted molar refractivity (Wildman–Crippen MR) is 97.1 cm³/mol. The maximum atomic E-state index is 13.0. The molecular weight excluding hydrogens is 352 g/mol. The van der Waals surface area contributed by atoms with Crippen molar-refractivity contribution in [3.63, 3.8) is 0 Å². The third kappa shape index (κ3) is 3.18. The summed E-state index contributed by atoms with van der Waals surface area (Å²) in [7, 11) is 2.04. The van der Waals surface area contributed by atoms with Crippen molar-refractivity contribution < 1.29 is 4.79 Å². The average molecular weight is 369 g/mol. The van der Waals surface area contributed by atoms with Crippen LogP contribution in [0.3, 0.4) is 0 Å². The lowest BCUT2D eigenvalue weighted by Crippen LogP contribution is -2.40. The number of hydrogen-bond acceptors (Lipinski definition) is 5. The first kappa shape index (κ1) is 16.7. The molecule has 1 unspecified atom stereocenters. The van der Waals surface area contributed by atoms with Crippen LogP contribution < -0.4 is 5.32 Å². The Labute approximate surface area is 155 Å². The molecule has 0 aliphatic carbocycles. The van der Waals surface area contributed by atoms with Crippen molar-refractivity contribution in [1.29, 1.82) is 0 Å². The molecule has 7 nitrogen and oxygen atoms in total. The molecule has 4 rings (SSSR count). The molecule has 1 atom stereocenters. The molecule has 0 spiro atoms. The highest BCUT2D eigenvalue weighted by molar-refractivity contribution is 6.31. The molecule has 132 valence electrons. The second-order valence-electron chi connectivity index (χ2n) is 6.34. The van der Waals surface area contributed by atoms with Gasteiger partial charge in [-0.3, -0.25) is 9.69 Å². The Morgan fingerprint density at radius 2 is 2.12 bits per heavy atom. The normalized spacial score (nSPS) is 16.9. The van der Waals surface area contributed by atoms with Gasteiger partial charge in [0, 0.05) is 18.1 Å². The fourth-order valence-electron chi connectivity index (χ4n) is 3.30. The molecule has 0 radical (unpaired) electrons. The van der Waals surface area contributed by atoms with Gasteiger partial charge in [0.15, 0.2) is 0 Å². The number of hydrogen-bond donors (Lipinski definition) is 1. The summed E-state index contributed by atoms with van der Waals surface area (Å²) >= 11 is 6.12. The molecule has 2 heterocycles. The number of carbonyl (C=O) groups is 1. The third-order valence-corrected chi connectivity index (χ3v) is 4.70. The van der Waals surface area contributed by atoms with Crippen molar-refractivity contribution in [2.45, 2.75) is 12.6 Å². The van der Waals surface area contributed by atoms with Gasteiger partial charge in [0.1, 0.15) is 6.33 Å². The summed E-state index contributed by atoms with van der Waals surface area (Å²) in [4.78, 5) is 15.2. The Morgan fingerprint density at radius 1 is 1.27 bits per heavy atom. The van der Waals surface area contributed by atoms with Crippen molar-refractivity contribution in [1.82, 2.24) is 30.4 Å². The van der Waals surface area contributed by atoms with E-state index in [1.165, 1.54) is 16.6 Å². The lowest BCUT2D eigenvalue weighted by Gasteiger charge is -2.32. The molecule has 1 aliphatic rings. The number of tetrazole rings is 1. The topological polar surface area (TPSA) is 75.9 Å². The van der Waals surface area contributed by atoms with Gasteiger partial charge >= 0.3 is 0 Å². The number of rotatable bonds is 3. The average Bonchev–Trinajstić information content (AvgIpc) is 3.16. The van der Waals surface area contributed by atoms with Crippen LogP contribution in [0.15, 0.2) is 48.8 Å². The molecule has 0 bridgehead atoms. The number of carbonyl (C=O) groups excluding carboxylic acids is 1. The Kier molecular flexibility index (Phi) is 4.40. The number of benzene rings is 2. The van der Waals surface area contributed by atoms with Crippen LogP contribution in [-0.4, -0.2) is 44.6 Å². The first-order valence-corrected chi connectivity index (χ1v) is 8.60. The Bertz CT molecular complexity index is 943. The zero-order valence-electron chi connectivity index (χ0n) is 14.1. The minimum absolute atomic E-state index is 0.0989. The minimum Gasteiger partial charge on any atom is -0.344 e. The quantitative estimate of drug-likeness (QED) is 0.767. The van der Waals surface area contributed by atoms with E-state index in [-0.39, 0.29) is 11.9 Å². The van der Waals surface area contributed by atoms with Gasteiger partial charge in [0.05, 0.1) is 17.3 Å². The number of halogens is 1. The molecule has 1 aromatic heterocycles. The zero-order chi connectivity index (χ0) is 18.1. The smallest absolute Gasteiger partial charge is 0.254 e. The van der Waals surface area contributed by atoms with Crippen LogP contribution in [0, 0.1) is 0 Å². The van der Waals surface area contributed by atoms with Gasteiger partial charge in [-0.1, -0.05) is 35.9 Å². The molecule has 0 fully saturated rings. The van der Waals surface area contributed by atoms with E-state index in [1.54, 1.807) is 18.2 Å². The van der Waals surface area contributed by atoms with Crippen LogP contribution >= 0.6 is 11.6 Å². The number of fused-ring (bicyclic) bond motifs is 1. The highest BCUT2D eigenvalue weighted by Crippen LogP contribution is 2.27. The van der Waals surface area contributed by atoms with Crippen molar-refractivity contribution in [2.75, 3.05) is 13.6 Å². The first-order valence-electron chi connectivity index (χ1n) is 8.22. The summed E-state index contributed by atoms with van der Waals surface area (Å²) in [6.45, 7) is 1.61. The van der Waals surface area contributed by atoms with Crippen LogP contribution in [0.5, 0.6) is 0 Å². The SMILES string of the molecule is CN1Cc2ccccc2C(NC(=O)c2cc(Cl)ccc2-n2cnnn2)C1. The zero-order valence-corrected chi connectivity index (χ0v) is 14.9. The molecule has 1 N–H and O–H groups in total. The molecular formula is C18H17ClN6O. The van der Waals surface area contributed by atoms with E-state index >= 15 is 0 Å². The fraction of sp³-hybridized carbons (Fsp3) is 0.222. The van der Waals surface area contributed by atoms with Crippen LogP contribution in [0.4, 0.5) is 0 Å². The minimum atomic E-state index is -0.215. The standard InChI is InChI=1S/C18H17ClN6O/c1-24-9-12-4-2-3-5-14(12)16(10-24)21-18(26)15-8-13(19)6-7-17(15)25-11-20-22-23-25/h2-8,11,16H,9-10H2,1H3,(H,21,26). The molecule has 2 aromatic carbocycles. The van der Waals surface area contributed by atoms with E-state index in [2.05, 4.69) is 37.9 Å². The van der Waals surface area contributed by atoms with Crippen LogP contribution in [0.1, 0.15) is 27.5 Å². The number of nitrogens with one attached hydrogen (secondary N) is 1. The molecule has 0 saturated carbocycles.